The Morgan fingerprint density at radius 3 is 2.40 bits per heavy atom. The molecule has 2 fully saturated rings. The van der Waals surface area contributed by atoms with E-state index in [0.29, 0.717) is 47.7 Å². The standard InChI is InChI=1S/C37H52N4O2/c1-23(2)24(3)12-13-26(5)31-16-17-32-30-21-34(29-20-27(22-38)15-14-25(29)4)41-36(43)39(28-10-8-7-9-11-28)35(42)40(41)33(30)18-19-37(31,32)6/h7-13,21,23-24,26-27,31-34H,14-20,22,38H2,1-6H3/b13-12+/t24-,26+,27-,31+,32?,33?,34?,37+/m0/s1. The summed E-state index contributed by atoms with van der Waals surface area (Å²) in [6.07, 6.45) is 14.7. The van der Waals surface area contributed by atoms with E-state index in [4.69, 9.17) is 5.73 Å². The van der Waals surface area contributed by atoms with Crippen LogP contribution in [-0.2, 0) is 0 Å². The molecule has 0 spiro atoms. The lowest BCUT2D eigenvalue weighted by Gasteiger charge is -2.49. The van der Waals surface area contributed by atoms with E-state index >= 15 is 0 Å². The first-order valence-corrected chi connectivity index (χ1v) is 16.9. The van der Waals surface area contributed by atoms with Gasteiger partial charge in [0.2, 0.25) is 0 Å². The Bertz CT molecular complexity index is 1550. The molecule has 43 heavy (non-hydrogen) atoms. The van der Waals surface area contributed by atoms with Crippen LogP contribution in [-0.4, -0.2) is 20.5 Å². The van der Waals surface area contributed by atoms with E-state index in [0.717, 1.165) is 38.5 Å². The number of hydrogen-bond donors (Lipinski definition) is 1. The summed E-state index contributed by atoms with van der Waals surface area (Å²) in [6, 6.07) is 9.13. The topological polar surface area (TPSA) is 75.0 Å². The monoisotopic (exact) mass is 584 g/mol. The molecule has 1 aliphatic heterocycles. The van der Waals surface area contributed by atoms with E-state index < -0.39 is 0 Å². The fourth-order valence-corrected chi connectivity index (χ4v) is 9.13. The maximum atomic E-state index is 14.3. The highest BCUT2D eigenvalue weighted by Crippen LogP contribution is 2.62. The van der Waals surface area contributed by atoms with E-state index in [9.17, 15) is 9.59 Å². The van der Waals surface area contributed by atoms with Crippen LogP contribution < -0.4 is 17.1 Å². The Labute approximate surface area is 257 Å². The van der Waals surface area contributed by atoms with Gasteiger partial charge in [0.15, 0.2) is 0 Å². The predicted octanol–water partition coefficient (Wildman–Crippen LogP) is 7.21. The number of benzene rings is 1. The van der Waals surface area contributed by atoms with Crippen LogP contribution in [0.4, 0.5) is 0 Å². The number of nitrogens with zero attached hydrogens (tertiary/aromatic N) is 3. The molecule has 0 bridgehead atoms. The molecule has 232 valence electrons. The van der Waals surface area contributed by atoms with E-state index in [-0.39, 0.29) is 28.9 Å². The van der Waals surface area contributed by atoms with Crippen molar-refractivity contribution in [2.24, 2.45) is 46.7 Å². The summed E-state index contributed by atoms with van der Waals surface area (Å²) in [5, 5.41) is 0. The molecule has 2 saturated carbocycles. The van der Waals surface area contributed by atoms with Gasteiger partial charge in [0, 0.05) is 0 Å². The van der Waals surface area contributed by atoms with Crippen molar-refractivity contribution in [1.29, 1.82) is 0 Å². The largest absolute Gasteiger partial charge is 0.352 e. The number of aromatic nitrogens is 3. The molecule has 6 heteroatoms. The molecule has 2 heterocycles. The molecule has 8 atom stereocenters. The molecule has 0 radical (unpaired) electrons. The molecule has 6 rings (SSSR count). The molecule has 2 N–H and O–H groups in total. The molecule has 0 amide bonds. The third kappa shape index (κ3) is 4.98. The summed E-state index contributed by atoms with van der Waals surface area (Å²) in [7, 11) is 0. The van der Waals surface area contributed by atoms with Gasteiger partial charge in [-0.25, -0.2) is 23.5 Å². The second-order valence-corrected chi connectivity index (χ2v) is 14.8. The Kier molecular flexibility index (Phi) is 8.12. The second kappa shape index (κ2) is 11.6. The highest BCUT2D eigenvalue weighted by Gasteiger charge is 2.55. The lowest BCUT2D eigenvalue weighted by molar-refractivity contribution is 0.0846. The molecule has 3 aliphatic carbocycles. The Balaban J connectivity index is 1.46. The van der Waals surface area contributed by atoms with Crippen LogP contribution >= 0.6 is 0 Å². The zero-order chi connectivity index (χ0) is 30.6. The molecule has 1 aromatic carbocycles. The number of fused-ring (bicyclic) bond motifs is 5. The molecule has 4 aliphatic rings. The summed E-state index contributed by atoms with van der Waals surface area (Å²) in [6.45, 7) is 14.7. The van der Waals surface area contributed by atoms with Crippen molar-refractivity contribution in [3.8, 4) is 5.69 Å². The number of rotatable bonds is 7. The fourth-order valence-electron chi connectivity index (χ4n) is 9.13. The van der Waals surface area contributed by atoms with Crippen LogP contribution in [0.25, 0.3) is 5.69 Å². The third-order valence-electron chi connectivity index (χ3n) is 12.2. The van der Waals surface area contributed by atoms with E-state index in [1.807, 2.05) is 39.7 Å². The van der Waals surface area contributed by atoms with E-state index in [1.165, 1.54) is 27.7 Å². The van der Waals surface area contributed by atoms with Crippen molar-refractivity contribution < 1.29 is 0 Å². The van der Waals surface area contributed by atoms with Gasteiger partial charge in [-0.1, -0.05) is 76.6 Å². The zero-order valence-corrected chi connectivity index (χ0v) is 27.1. The Hall–Kier alpha value is -2.86. The smallest absolute Gasteiger partial charge is 0.330 e. The number of allylic oxidation sites excluding steroid dienone is 6. The van der Waals surface area contributed by atoms with Crippen molar-refractivity contribution in [3.05, 3.63) is 86.2 Å². The third-order valence-corrected chi connectivity index (χ3v) is 12.2. The van der Waals surface area contributed by atoms with Gasteiger partial charge in [-0.3, -0.25) is 0 Å². The second-order valence-electron chi connectivity index (χ2n) is 14.8. The average molecular weight is 585 g/mol. The van der Waals surface area contributed by atoms with Crippen molar-refractivity contribution >= 4 is 0 Å². The first-order valence-electron chi connectivity index (χ1n) is 16.9. The highest BCUT2D eigenvalue weighted by atomic mass is 16.2. The van der Waals surface area contributed by atoms with Crippen molar-refractivity contribution in [2.75, 3.05) is 6.54 Å². The maximum absolute atomic E-state index is 14.3. The predicted molar refractivity (Wildman–Crippen MR) is 175 cm³/mol. The molecule has 2 aromatic rings. The molecule has 0 saturated heterocycles. The van der Waals surface area contributed by atoms with Gasteiger partial charge in [-0.05, 0) is 123 Å². The van der Waals surface area contributed by atoms with E-state index in [2.05, 4.69) is 59.8 Å². The normalized spacial score (nSPS) is 32.0. The fraction of sp³-hybridized carbons (Fsp3) is 0.622. The summed E-state index contributed by atoms with van der Waals surface area (Å²) in [5.41, 5.74) is 10.6. The van der Waals surface area contributed by atoms with Crippen LogP contribution in [0.5, 0.6) is 0 Å². The zero-order valence-electron chi connectivity index (χ0n) is 27.1. The minimum Gasteiger partial charge on any atom is -0.330 e. The number of nitrogens with two attached hydrogens (primary N) is 1. The quantitative estimate of drug-likeness (QED) is 0.350. The van der Waals surface area contributed by atoms with Gasteiger partial charge < -0.3 is 5.73 Å². The lowest BCUT2D eigenvalue weighted by Crippen LogP contribution is -2.46. The molecule has 1 aromatic heterocycles. The first-order chi connectivity index (χ1) is 20.6. The van der Waals surface area contributed by atoms with Gasteiger partial charge in [-0.15, -0.1) is 0 Å². The summed E-state index contributed by atoms with van der Waals surface area (Å²) in [4.78, 5) is 28.5. The first kappa shape index (κ1) is 30.2. The van der Waals surface area contributed by atoms with Crippen LogP contribution in [0.2, 0.25) is 0 Å². The molecule has 6 nitrogen and oxygen atoms in total. The molecular formula is C37H52N4O2. The minimum atomic E-state index is -0.239. The SMILES string of the molecule is CC1=C(C2C=C3C(CC[C@@]4(C)C3CC[C@@H]4[C@H](C)/C=C/[C@H](C)C(C)C)n3c(=O)n(-c4ccccc4)c(=O)n32)C[C@@H](CN)CC1. The number of hydrogen-bond acceptors (Lipinski definition) is 3. The van der Waals surface area contributed by atoms with Crippen molar-refractivity contribution in [2.45, 2.75) is 98.6 Å². The Morgan fingerprint density at radius 1 is 0.977 bits per heavy atom. The van der Waals surface area contributed by atoms with Gasteiger partial charge in [0.1, 0.15) is 0 Å². The summed E-state index contributed by atoms with van der Waals surface area (Å²) >= 11 is 0. The average Bonchev–Trinajstić information content (AvgIpc) is 3.49. The summed E-state index contributed by atoms with van der Waals surface area (Å²) in [5.74, 6) is 3.18. The summed E-state index contributed by atoms with van der Waals surface area (Å²) < 4.78 is 5.08. The van der Waals surface area contributed by atoms with E-state index in [1.54, 1.807) is 0 Å². The van der Waals surface area contributed by atoms with Crippen LogP contribution in [0.1, 0.15) is 98.6 Å². The Morgan fingerprint density at radius 2 is 1.70 bits per heavy atom. The van der Waals surface area contributed by atoms with Crippen LogP contribution in [0.3, 0.4) is 0 Å². The lowest BCUT2D eigenvalue weighted by atomic mass is 9.59. The number of para-hydroxylation sites is 1. The maximum Gasteiger partial charge on any atom is 0.352 e. The minimum absolute atomic E-state index is 0.0696. The van der Waals surface area contributed by atoms with Gasteiger partial charge in [0.05, 0.1) is 17.8 Å². The van der Waals surface area contributed by atoms with Gasteiger partial charge >= 0.3 is 11.4 Å². The van der Waals surface area contributed by atoms with Gasteiger partial charge in [-0.2, -0.15) is 0 Å². The van der Waals surface area contributed by atoms with Crippen molar-refractivity contribution in [1.82, 2.24) is 13.9 Å². The van der Waals surface area contributed by atoms with Crippen LogP contribution in [0, 0.1) is 40.9 Å². The van der Waals surface area contributed by atoms with Gasteiger partial charge in [0.25, 0.3) is 0 Å². The highest BCUT2D eigenvalue weighted by molar-refractivity contribution is 5.36. The molecular weight excluding hydrogens is 532 g/mol. The molecule has 3 unspecified atom stereocenters. The van der Waals surface area contributed by atoms with Crippen molar-refractivity contribution in [3.63, 3.8) is 0 Å². The van der Waals surface area contributed by atoms with Crippen LogP contribution in [0.15, 0.2) is 74.9 Å².